The Morgan fingerprint density at radius 1 is 1.08 bits per heavy atom. The third-order valence-electron chi connectivity index (χ3n) is 3.19. The Labute approximate surface area is 143 Å². The van der Waals surface area contributed by atoms with Crippen molar-refractivity contribution >= 4 is 29.5 Å². The van der Waals surface area contributed by atoms with Crippen LogP contribution in [0, 0.1) is 5.41 Å². The molecule has 8 N–H and O–H groups in total. The normalized spacial score (nSPS) is 11.2. The highest BCUT2D eigenvalue weighted by atomic mass is 16.4. The standard InChI is InChI=1S/C15H19N5O5/c16-13(17)8-1-3-9(4-2-8)15(25)19-7-11(21)20-10(14(18)24)5-6-12(22)23/h1-4,10H,5-7H2,(H3,16,17)(H2,18,24)(H,19,25)(H,20,21)(H,22,23). The van der Waals surface area contributed by atoms with Crippen LogP contribution in [-0.4, -0.2) is 47.2 Å². The summed E-state index contributed by atoms with van der Waals surface area (Å²) < 4.78 is 0. The highest BCUT2D eigenvalue weighted by Gasteiger charge is 2.19. The number of rotatable bonds is 9. The SMILES string of the molecule is N=C(N)c1ccc(C(=O)NCC(=O)NC(CCC(=O)O)C(N)=O)cc1. The largest absolute Gasteiger partial charge is 0.481 e. The van der Waals surface area contributed by atoms with Gasteiger partial charge in [-0.3, -0.25) is 24.6 Å². The summed E-state index contributed by atoms with van der Waals surface area (Å²) in [5.74, 6) is -3.33. The van der Waals surface area contributed by atoms with Crippen molar-refractivity contribution in [3.05, 3.63) is 35.4 Å². The maximum atomic E-state index is 11.9. The van der Waals surface area contributed by atoms with Crippen molar-refractivity contribution in [2.75, 3.05) is 6.54 Å². The van der Waals surface area contributed by atoms with Gasteiger partial charge in [0.15, 0.2) is 0 Å². The minimum Gasteiger partial charge on any atom is -0.481 e. The number of carboxylic acid groups (broad SMARTS) is 1. The van der Waals surface area contributed by atoms with Crippen molar-refractivity contribution in [3.63, 3.8) is 0 Å². The Kier molecular flexibility index (Phi) is 7.07. The average molecular weight is 349 g/mol. The molecule has 1 atom stereocenters. The fraction of sp³-hybridized carbons (Fsp3) is 0.267. The van der Waals surface area contributed by atoms with Gasteiger partial charge < -0.3 is 27.2 Å². The summed E-state index contributed by atoms with van der Waals surface area (Å²) in [6.07, 6.45) is -0.473. The zero-order chi connectivity index (χ0) is 19.0. The number of benzene rings is 1. The van der Waals surface area contributed by atoms with Gasteiger partial charge in [0.2, 0.25) is 11.8 Å². The van der Waals surface area contributed by atoms with Crippen LogP contribution in [0.3, 0.4) is 0 Å². The van der Waals surface area contributed by atoms with Crippen molar-refractivity contribution in [3.8, 4) is 0 Å². The van der Waals surface area contributed by atoms with Crippen LogP contribution in [0.2, 0.25) is 0 Å². The average Bonchev–Trinajstić information content (AvgIpc) is 2.56. The van der Waals surface area contributed by atoms with Crippen LogP contribution < -0.4 is 22.1 Å². The third kappa shape index (κ3) is 6.69. The molecule has 0 heterocycles. The zero-order valence-corrected chi connectivity index (χ0v) is 13.2. The molecule has 0 aromatic heterocycles. The molecule has 3 amide bonds. The molecule has 10 nitrogen and oxygen atoms in total. The van der Waals surface area contributed by atoms with Crippen LogP contribution >= 0.6 is 0 Å². The highest BCUT2D eigenvalue weighted by Crippen LogP contribution is 2.03. The number of amidine groups is 1. The number of nitrogens with two attached hydrogens (primary N) is 2. The van der Waals surface area contributed by atoms with Crippen molar-refractivity contribution in [2.45, 2.75) is 18.9 Å². The van der Waals surface area contributed by atoms with Gasteiger partial charge in [-0.25, -0.2) is 0 Å². The lowest BCUT2D eigenvalue weighted by Crippen LogP contribution is -2.48. The van der Waals surface area contributed by atoms with Gasteiger partial charge in [0.1, 0.15) is 11.9 Å². The smallest absolute Gasteiger partial charge is 0.303 e. The first-order chi connectivity index (χ1) is 11.7. The van der Waals surface area contributed by atoms with E-state index in [9.17, 15) is 19.2 Å². The number of aliphatic carboxylic acids is 1. The Bertz CT molecular complexity index is 686. The van der Waals surface area contributed by atoms with E-state index in [1.807, 2.05) is 0 Å². The summed E-state index contributed by atoms with van der Waals surface area (Å²) in [6.45, 7) is -0.413. The zero-order valence-electron chi connectivity index (χ0n) is 13.2. The van der Waals surface area contributed by atoms with Gasteiger partial charge >= 0.3 is 5.97 Å². The number of nitrogens with one attached hydrogen (secondary N) is 3. The Morgan fingerprint density at radius 2 is 1.64 bits per heavy atom. The van der Waals surface area contributed by atoms with Gasteiger partial charge in [0.25, 0.3) is 5.91 Å². The number of primary amides is 1. The number of nitrogen functional groups attached to an aromatic ring is 1. The van der Waals surface area contributed by atoms with Crippen LogP contribution in [0.15, 0.2) is 24.3 Å². The van der Waals surface area contributed by atoms with Crippen molar-refractivity contribution in [1.29, 1.82) is 5.41 Å². The lowest BCUT2D eigenvalue weighted by molar-refractivity contribution is -0.137. The first kappa shape index (κ1) is 19.6. The summed E-state index contributed by atoms with van der Waals surface area (Å²) in [7, 11) is 0. The first-order valence-corrected chi connectivity index (χ1v) is 7.24. The molecule has 0 fully saturated rings. The molecule has 25 heavy (non-hydrogen) atoms. The second-order valence-corrected chi connectivity index (χ2v) is 5.13. The van der Waals surface area contributed by atoms with E-state index in [0.717, 1.165) is 0 Å². The minimum absolute atomic E-state index is 0.134. The molecule has 0 aliphatic carbocycles. The van der Waals surface area contributed by atoms with Crippen LogP contribution in [0.5, 0.6) is 0 Å². The highest BCUT2D eigenvalue weighted by molar-refractivity contribution is 5.99. The predicted octanol–water partition coefficient (Wildman–Crippen LogP) is -1.46. The summed E-state index contributed by atoms with van der Waals surface area (Å²) in [5, 5.41) is 20.5. The van der Waals surface area contributed by atoms with Crippen molar-refractivity contribution < 1.29 is 24.3 Å². The summed E-state index contributed by atoms with van der Waals surface area (Å²) in [4.78, 5) is 45.4. The molecule has 0 saturated carbocycles. The second kappa shape index (κ2) is 9.01. The molecule has 1 unspecified atom stereocenters. The van der Waals surface area contributed by atoms with E-state index in [4.69, 9.17) is 22.0 Å². The minimum atomic E-state index is -1.13. The molecule has 1 rings (SSSR count). The summed E-state index contributed by atoms with van der Waals surface area (Å²) >= 11 is 0. The molecule has 0 aliphatic rings. The number of carbonyl (C=O) groups excluding carboxylic acids is 3. The number of carboxylic acids is 1. The van der Waals surface area contributed by atoms with Crippen molar-refractivity contribution in [2.24, 2.45) is 11.5 Å². The van der Waals surface area contributed by atoms with Gasteiger partial charge in [-0.2, -0.15) is 0 Å². The van der Waals surface area contributed by atoms with Crippen LogP contribution in [0.1, 0.15) is 28.8 Å². The van der Waals surface area contributed by atoms with Gasteiger partial charge in [-0.05, 0) is 18.6 Å². The van der Waals surface area contributed by atoms with E-state index in [1.165, 1.54) is 24.3 Å². The van der Waals surface area contributed by atoms with Gasteiger partial charge in [-0.1, -0.05) is 12.1 Å². The number of amides is 3. The number of carbonyl (C=O) groups is 4. The molecule has 0 saturated heterocycles. The summed E-state index contributed by atoms with van der Waals surface area (Å²) in [5.41, 5.74) is 11.1. The molecule has 1 aromatic rings. The molecular formula is C15H19N5O5. The van der Waals surface area contributed by atoms with Crippen molar-refractivity contribution in [1.82, 2.24) is 10.6 Å². The third-order valence-corrected chi connectivity index (χ3v) is 3.19. The molecule has 0 aliphatic heterocycles. The fourth-order valence-electron chi connectivity index (χ4n) is 1.86. The number of hydrogen-bond donors (Lipinski definition) is 6. The van der Waals surface area contributed by atoms with Gasteiger partial charge in [0, 0.05) is 17.5 Å². The van der Waals surface area contributed by atoms with E-state index in [0.29, 0.717) is 5.56 Å². The molecule has 134 valence electrons. The number of hydrogen-bond acceptors (Lipinski definition) is 5. The predicted molar refractivity (Wildman–Crippen MR) is 87.8 cm³/mol. The van der Waals surface area contributed by atoms with E-state index in [1.54, 1.807) is 0 Å². The monoisotopic (exact) mass is 349 g/mol. The molecule has 10 heteroatoms. The quantitative estimate of drug-likeness (QED) is 0.233. The van der Waals surface area contributed by atoms with E-state index < -0.39 is 36.3 Å². The Balaban J connectivity index is 2.53. The lowest BCUT2D eigenvalue weighted by Gasteiger charge is -2.14. The maximum absolute atomic E-state index is 11.9. The molecule has 0 bridgehead atoms. The summed E-state index contributed by atoms with van der Waals surface area (Å²) in [6, 6.07) is 4.75. The second-order valence-electron chi connectivity index (χ2n) is 5.13. The first-order valence-electron chi connectivity index (χ1n) is 7.24. The molecular weight excluding hydrogens is 330 g/mol. The van der Waals surface area contributed by atoms with Crippen LogP contribution in [0.25, 0.3) is 0 Å². The fourth-order valence-corrected chi connectivity index (χ4v) is 1.86. The topological polar surface area (TPSA) is 188 Å². The van der Waals surface area contributed by atoms with E-state index in [-0.39, 0.29) is 24.2 Å². The maximum Gasteiger partial charge on any atom is 0.303 e. The van der Waals surface area contributed by atoms with Crippen LogP contribution in [0.4, 0.5) is 0 Å². The van der Waals surface area contributed by atoms with Gasteiger partial charge in [-0.15, -0.1) is 0 Å². The molecule has 1 aromatic carbocycles. The van der Waals surface area contributed by atoms with E-state index in [2.05, 4.69) is 10.6 Å². The molecule has 0 spiro atoms. The Morgan fingerprint density at radius 3 is 2.12 bits per heavy atom. The van der Waals surface area contributed by atoms with Gasteiger partial charge in [0.05, 0.1) is 6.54 Å². The van der Waals surface area contributed by atoms with E-state index >= 15 is 0 Å². The molecule has 0 radical (unpaired) electrons. The Hall–Kier alpha value is -3.43. The lowest BCUT2D eigenvalue weighted by atomic mass is 10.1. The van der Waals surface area contributed by atoms with Crippen LogP contribution in [-0.2, 0) is 14.4 Å².